The Morgan fingerprint density at radius 1 is 1.48 bits per heavy atom. The standard InChI is InChI=1S/C15H22N2O2S.ClH/c18-14(2-1-12-3-8-20-11-12)17-13-9-15(19-10-13)4-6-16-7-5-15;/h3,8,11,13,16H,1-2,4-7,9-10H2,(H,17,18);1H. The second-order valence-corrected chi connectivity index (χ2v) is 6.62. The summed E-state index contributed by atoms with van der Waals surface area (Å²) in [6, 6.07) is 2.28. The molecule has 1 unspecified atom stereocenters. The minimum Gasteiger partial charge on any atom is -0.373 e. The minimum absolute atomic E-state index is 0. The summed E-state index contributed by atoms with van der Waals surface area (Å²) in [6.45, 7) is 2.72. The van der Waals surface area contributed by atoms with E-state index < -0.39 is 0 Å². The predicted molar refractivity (Wildman–Crippen MR) is 87.2 cm³/mol. The van der Waals surface area contributed by atoms with E-state index in [0.29, 0.717) is 13.0 Å². The van der Waals surface area contributed by atoms with Crippen molar-refractivity contribution >= 4 is 29.7 Å². The van der Waals surface area contributed by atoms with Gasteiger partial charge in [-0.1, -0.05) is 0 Å². The number of thiophene rings is 1. The topological polar surface area (TPSA) is 50.4 Å². The molecule has 0 bridgehead atoms. The number of rotatable bonds is 4. The number of ether oxygens (including phenoxy) is 1. The van der Waals surface area contributed by atoms with Gasteiger partial charge in [0.05, 0.1) is 18.2 Å². The summed E-state index contributed by atoms with van der Waals surface area (Å²) in [6.07, 6.45) is 4.50. The maximum Gasteiger partial charge on any atom is 0.220 e. The summed E-state index contributed by atoms with van der Waals surface area (Å²) >= 11 is 1.68. The van der Waals surface area contributed by atoms with Gasteiger partial charge in [-0.15, -0.1) is 12.4 Å². The van der Waals surface area contributed by atoms with Gasteiger partial charge in [0.15, 0.2) is 0 Å². The Morgan fingerprint density at radius 3 is 3.00 bits per heavy atom. The van der Waals surface area contributed by atoms with E-state index in [1.807, 2.05) is 0 Å². The van der Waals surface area contributed by atoms with Crippen LogP contribution in [0.15, 0.2) is 16.8 Å². The molecule has 0 saturated carbocycles. The van der Waals surface area contributed by atoms with Gasteiger partial charge in [0, 0.05) is 6.42 Å². The lowest BCUT2D eigenvalue weighted by molar-refractivity contribution is -0.121. The summed E-state index contributed by atoms with van der Waals surface area (Å²) in [7, 11) is 0. The highest BCUT2D eigenvalue weighted by molar-refractivity contribution is 7.07. The molecule has 3 heterocycles. The summed E-state index contributed by atoms with van der Waals surface area (Å²) < 4.78 is 5.99. The highest BCUT2D eigenvalue weighted by Crippen LogP contribution is 2.33. The average Bonchev–Trinajstić information content (AvgIpc) is 3.08. The maximum atomic E-state index is 12.0. The van der Waals surface area contributed by atoms with Crippen molar-refractivity contribution in [3.63, 3.8) is 0 Å². The number of halogens is 1. The van der Waals surface area contributed by atoms with E-state index in [4.69, 9.17) is 4.74 Å². The van der Waals surface area contributed by atoms with Crippen LogP contribution in [-0.2, 0) is 16.0 Å². The molecule has 3 rings (SSSR count). The van der Waals surface area contributed by atoms with E-state index in [2.05, 4.69) is 27.5 Å². The number of aryl methyl sites for hydroxylation is 1. The molecule has 0 radical (unpaired) electrons. The summed E-state index contributed by atoms with van der Waals surface area (Å²) in [5.74, 6) is 0.149. The van der Waals surface area contributed by atoms with Gasteiger partial charge in [0.2, 0.25) is 5.91 Å². The number of nitrogens with one attached hydrogen (secondary N) is 2. The Labute approximate surface area is 136 Å². The molecule has 0 aliphatic carbocycles. The Bertz CT molecular complexity index is 447. The fourth-order valence-electron chi connectivity index (χ4n) is 3.16. The van der Waals surface area contributed by atoms with Crippen molar-refractivity contribution < 1.29 is 9.53 Å². The van der Waals surface area contributed by atoms with Crippen LogP contribution >= 0.6 is 23.7 Å². The van der Waals surface area contributed by atoms with Crippen molar-refractivity contribution in [3.8, 4) is 0 Å². The van der Waals surface area contributed by atoms with Crippen LogP contribution in [0.5, 0.6) is 0 Å². The molecule has 2 saturated heterocycles. The summed E-state index contributed by atoms with van der Waals surface area (Å²) in [4.78, 5) is 12.0. The second kappa shape index (κ2) is 7.58. The number of amides is 1. The van der Waals surface area contributed by atoms with E-state index in [-0.39, 0.29) is 30.0 Å². The van der Waals surface area contributed by atoms with Gasteiger partial charge < -0.3 is 15.4 Å². The zero-order chi connectivity index (χ0) is 13.8. The number of carbonyl (C=O) groups excluding carboxylic acids is 1. The van der Waals surface area contributed by atoms with Gasteiger partial charge in [0.1, 0.15) is 0 Å². The summed E-state index contributed by atoms with van der Waals surface area (Å²) in [5, 5.41) is 10.7. The molecular weight excluding hydrogens is 308 g/mol. The fraction of sp³-hybridized carbons (Fsp3) is 0.667. The molecule has 118 valence electrons. The third kappa shape index (κ3) is 4.42. The molecule has 2 fully saturated rings. The highest BCUT2D eigenvalue weighted by atomic mass is 35.5. The molecule has 2 N–H and O–H groups in total. The molecule has 4 nitrogen and oxygen atoms in total. The Balaban J connectivity index is 0.00000161. The van der Waals surface area contributed by atoms with Crippen molar-refractivity contribution in [3.05, 3.63) is 22.4 Å². The average molecular weight is 331 g/mol. The largest absolute Gasteiger partial charge is 0.373 e. The van der Waals surface area contributed by atoms with Crippen molar-refractivity contribution in [1.29, 1.82) is 0 Å². The SMILES string of the molecule is Cl.O=C(CCc1ccsc1)NC1COC2(CCNCC2)C1. The zero-order valence-corrected chi connectivity index (χ0v) is 13.7. The van der Waals surface area contributed by atoms with Crippen LogP contribution in [0.2, 0.25) is 0 Å². The lowest BCUT2D eigenvalue weighted by Gasteiger charge is -2.32. The van der Waals surface area contributed by atoms with Crippen molar-refractivity contribution in [2.45, 2.75) is 43.7 Å². The quantitative estimate of drug-likeness (QED) is 0.889. The number of hydrogen-bond donors (Lipinski definition) is 2. The molecule has 1 aromatic heterocycles. The molecule has 1 aromatic rings. The molecule has 1 atom stereocenters. The van der Waals surface area contributed by atoms with Crippen LogP contribution in [-0.4, -0.2) is 37.2 Å². The predicted octanol–water partition coefficient (Wildman–Crippen LogP) is 2.13. The van der Waals surface area contributed by atoms with Crippen molar-refractivity contribution in [2.75, 3.05) is 19.7 Å². The van der Waals surface area contributed by atoms with Gasteiger partial charge in [-0.3, -0.25) is 4.79 Å². The van der Waals surface area contributed by atoms with Crippen LogP contribution in [0.3, 0.4) is 0 Å². The molecule has 2 aliphatic rings. The molecule has 21 heavy (non-hydrogen) atoms. The van der Waals surface area contributed by atoms with Crippen LogP contribution in [0, 0.1) is 0 Å². The molecule has 0 aromatic carbocycles. The Morgan fingerprint density at radius 2 is 2.29 bits per heavy atom. The first-order chi connectivity index (χ1) is 9.76. The van der Waals surface area contributed by atoms with E-state index in [0.717, 1.165) is 38.8 Å². The maximum absolute atomic E-state index is 12.0. The van der Waals surface area contributed by atoms with Crippen LogP contribution in [0.4, 0.5) is 0 Å². The molecule has 1 amide bonds. The van der Waals surface area contributed by atoms with Gasteiger partial charge in [0.25, 0.3) is 0 Å². The Hall–Kier alpha value is -0.620. The van der Waals surface area contributed by atoms with Gasteiger partial charge >= 0.3 is 0 Å². The third-order valence-corrected chi connectivity index (χ3v) is 5.04. The lowest BCUT2D eigenvalue weighted by atomic mass is 9.88. The second-order valence-electron chi connectivity index (χ2n) is 5.84. The zero-order valence-electron chi connectivity index (χ0n) is 12.1. The fourth-order valence-corrected chi connectivity index (χ4v) is 3.86. The minimum atomic E-state index is 0. The van der Waals surface area contributed by atoms with Crippen LogP contribution in [0.25, 0.3) is 0 Å². The smallest absolute Gasteiger partial charge is 0.220 e. The van der Waals surface area contributed by atoms with E-state index in [1.165, 1.54) is 5.56 Å². The normalized spacial score (nSPS) is 23.7. The third-order valence-electron chi connectivity index (χ3n) is 4.31. The van der Waals surface area contributed by atoms with Crippen LogP contribution < -0.4 is 10.6 Å². The number of hydrogen-bond acceptors (Lipinski definition) is 4. The first-order valence-corrected chi connectivity index (χ1v) is 8.35. The van der Waals surface area contributed by atoms with E-state index >= 15 is 0 Å². The first kappa shape index (κ1) is 16.7. The highest BCUT2D eigenvalue weighted by Gasteiger charge is 2.41. The monoisotopic (exact) mass is 330 g/mol. The van der Waals surface area contributed by atoms with Gasteiger partial charge in [-0.05, 0) is 61.2 Å². The van der Waals surface area contributed by atoms with Crippen molar-refractivity contribution in [2.24, 2.45) is 0 Å². The molecule has 2 aliphatic heterocycles. The van der Waals surface area contributed by atoms with Crippen LogP contribution in [0.1, 0.15) is 31.2 Å². The number of piperidine rings is 1. The lowest BCUT2D eigenvalue weighted by Crippen LogP contribution is -2.43. The van der Waals surface area contributed by atoms with E-state index in [9.17, 15) is 4.79 Å². The Kier molecular flexibility index (Phi) is 6.05. The summed E-state index contributed by atoms with van der Waals surface area (Å²) in [5.41, 5.74) is 1.28. The first-order valence-electron chi connectivity index (χ1n) is 7.41. The number of carbonyl (C=O) groups is 1. The molecule has 1 spiro atoms. The van der Waals surface area contributed by atoms with E-state index in [1.54, 1.807) is 11.3 Å². The molecular formula is C15H23ClN2O2S. The van der Waals surface area contributed by atoms with Crippen molar-refractivity contribution in [1.82, 2.24) is 10.6 Å². The molecule has 6 heteroatoms. The van der Waals surface area contributed by atoms with Gasteiger partial charge in [-0.25, -0.2) is 0 Å². The van der Waals surface area contributed by atoms with Gasteiger partial charge in [-0.2, -0.15) is 11.3 Å².